The molecule has 11 atom stereocenters. The molecule has 5 rings (SSSR count). The molecule has 8 heteroatoms. The first-order valence-corrected chi connectivity index (χ1v) is 17.7. The topological polar surface area (TPSA) is 104 Å². The van der Waals surface area contributed by atoms with Crippen molar-refractivity contribution in [3.8, 4) is 0 Å². The third-order valence-electron chi connectivity index (χ3n) is 12.9. The maximum atomic E-state index is 12.5. The molecule has 0 radical (unpaired) electrons. The van der Waals surface area contributed by atoms with Crippen molar-refractivity contribution in [1.82, 2.24) is 4.31 Å². The number of carbonyl (C=O) groups is 1. The van der Waals surface area contributed by atoms with E-state index in [1.165, 1.54) is 10.7 Å². The summed E-state index contributed by atoms with van der Waals surface area (Å²) in [4.78, 5) is 12.4. The smallest absolute Gasteiger partial charge is 0.322 e. The average molecular weight is 582 g/mol. The van der Waals surface area contributed by atoms with Gasteiger partial charge in [0.2, 0.25) is 10.0 Å². The second-order valence-corrected chi connectivity index (χ2v) is 17.8. The van der Waals surface area contributed by atoms with Crippen LogP contribution in [-0.4, -0.2) is 66.6 Å². The number of nitrogens with zero attached hydrogens (tertiary/aromatic N) is 1. The van der Waals surface area contributed by atoms with Gasteiger partial charge in [0.1, 0.15) is 0 Å². The van der Waals surface area contributed by atoms with Gasteiger partial charge in [0, 0.05) is 13.1 Å². The Kier molecular flexibility index (Phi) is 8.29. The molecular formula is C32H55NO6S. The molecule has 1 heterocycles. The lowest BCUT2D eigenvalue weighted by molar-refractivity contribution is -0.203. The number of aliphatic hydroxyl groups excluding tert-OH is 2. The van der Waals surface area contributed by atoms with Crippen LogP contribution in [0.1, 0.15) is 99.3 Å². The molecule has 0 aromatic carbocycles. The van der Waals surface area contributed by atoms with E-state index in [1.54, 1.807) is 0 Å². The van der Waals surface area contributed by atoms with Crippen molar-refractivity contribution in [3.05, 3.63) is 0 Å². The van der Waals surface area contributed by atoms with Crippen molar-refractivity contribution in [1.29, 1.82) is 0 Å². The lowest BCUT2D eigenvalue weighted by atomic mass is 9.41. The molecule has 7 nitrogen and oxygen atoms in total. The highest BCUT2D eigenvalue weighted by Gasteiger charge is 2.64. The van der Waals surface area contributed by atoms with Gasteiger partial charge in [-0.25, -0.2) is 12.7 Å². The van der Waals surface area contributed by atoms with E-state index in [-0.39, 0.29) is 41.0 Å². The molecule has 0 aromatic rings. The number of hydrogen-bond acceptors (Lipinski definition) is 6. The predicted molar refractivity (Wildman–Crippen MR) is 156 cm³/mol. The normalized spacial score (nSPS) is 45.5. The Morgan fingerprint density at radius 2 is 1.62 bits per heavy atom. The van der Waals surface area contributed by atoms with Crippen molar-refractivity contribution in [2.24, 2.45) is 57.7 Å². The summed E-state index contributed by atoms with van der Waals surface area (Å²) in [6.45, 7) is 14.6. The van der Waals surface area contributed by atoms with Crippen molar-refractivity contribution in [2.75, 3.05) is 25.4 Å². The maximum absolute atomic E-state index is 12.5. The zero-order valence-electron chi connectivity index (χ0n) is 25.8. The summed E-state index contributed by atoms with van der Waals surface area (Å²) in [5.41, 5.74) is 0.342. The zero-order chi connectivity index (χ0) is 29.3. The van der Waals surface area contributed by atoms with E-state index < -0.39 is 21.7 Å². The Balaban J connectivity index is 1.20. The predicted octanol–water partition coefficient (Wildman–Crippen LogP) is 4.85. The molecule has 40 heavy (non-hydrogen) atoms. The van der Waals surface area contributed by atoms with Crippen LogP contribution in [0, 0.1) is 57.7 Å². The number of aliphatic hydroxyl groups is 2. The van der Waals surface area contributed by atoms with Crippen LogP contribution in [-0.2, 0) is 19.6 Å². The molecule has 4 aliphatic carbocycles. The van der Waals surface area contributed by atoms with Crippen LogP contribution >= 0.6 is 0 Å². The number of rotatable bonds is 8. The van der Waals surface area contributed by atoms with Crippen molar-refractivity contribution < 1.29 is 28.2 Å². The molecule has 4 saturated carbocycles. The summed E-state index contributed by atoms with van der Waals surface area (Å²) in [7, 11) is -3.60. The van der Waals surface area contributed by atoms with Gasteiger partial charge in [-0.2, -0.15) is 0 Å². The van der Waals surface area contributed by atoms with Gasteiger partial charge < -0.3 is 14.9 Å². The van der Waals surface area contributed by atoms with Crippen LogP contribution in [0.15, 0.2) is 0 Å². The molecule has 2 N–H and O–H groups in total. The Morgan fingerprint density at radius 1 is 0.975 bits per heavy atom. The Labute approximate surface area is 242 Å². The number of carbonyl (C=O) groups excluding carboxylic acids is 1. The Bertz CT molecular complexity index is 1050. The van der Waals surface area contributed by atoms with Crippen LogP contribution < -0.4 is 0 Å². The number of fused-ring (bicyclic) bond motifs is 5. The standard InChI is InChI=1S/C32H55NO6S/c1-7-22-26-16-21(34)10-13-32(26,6)25-11-14-31(5)23(8-9-24(31)28(25)29(22)36)20(2)12-15-39-27(35)17-40(37,38)33-18-30(3,4)19-33/h20-26,28-29,34,36H,7-19H2,1-6H3/t20-,21-,22-,23-,24+,25+,26+,28+,29-,31-,32-/m1/s1. The van der Waals surface area contributed by atoms with E-state index in [4.69, 9.17) is 4.74 Å². The fourth-order valence-electron chi connectivity index (χ4n) is 10.9. The molecule has 0 spiro atoms. The van der Waals surface area contributed by atoms with Crippen molar-refractivity contribution >= 4 is 16.0 Å². The highest BCUT2D eigenvalue weighted by molar-refractivity contribution is 7.89. The lowest BCUT2D eigenvalue weighted by Gasteiger charge is -2.64. The first kappa shape index (κ1) is 30.7. The van der Waals surface area contributed by atoms with E-state index in [0.717, 1.165) is 51.4 Å². The largest absolute Gasteiger partial charge is 0.465 e. The van der Waals surface area contributed by atoms with Crippen LogP contribution in [0.4, 0.5) is 0 Å². The first-order valence-electron chi connectivity index (χ1n) is 16.1. The first-order chi connectivity index (χ1) is 18.6. The number of hydrogen-bond donors (Lipinski definition) is 2. The molecule has 1 aliphatic heterocycles. The van der Waals surface area contributed by atoms with E-state index in [9.17, 15) is 23.4 Å². The van der Waals surface area contributed by atoms with Crippen molar-refractivity contribution in [2.45, 2.75) is 112 Å². The second-order valence-electron chi connectivity index (χ2n) is 15.8. The number of ether oxygens (including phenoxy) is 1. The van der Waals surface area contributed by atoms with Gasteiger partial charge in [-0.15, -0.1) is 0 Å². The minimum atomic E-state index is -3.60. The monoisotopic (exact) mass is 581 g/mol. The minimum absolute atomic E-state index is 0.0236. The molecular weight excluding hydrogens is 526 g/mol. The van der Waals surface area contributed by atoms with Crippen LogP contribution in [0.5, 0.6) is 0 Å². The minimum Gasteiger partial charge on any atom is -0.465 e. The van der Waals surface area contributed by atoms with Crippen LogP contribution in [0.25, 0.3) is 0 Å². The van der Waals surface area contributed by atoms with Gasteiger partial charge in [-0.3, -0.25) is 4.79 Å². The van der Waals surface area contributed by atoms with Gasteiger partial charge in [0.05, 0.1) is 18.8 Å². The molecule has 0 bridgehead atoms. The third kappa shape index (κ3) is 5.19. The number of sulfonamides is 1. The highest BCUT2D eigenvalue weighted by atomic mass is 32.2. The van der Waals surface area contributed by atoms with Gasteiger partial charge in [-0.1, -0.05) is 48.0 Å². The Hall–Kier alpha value is -0.700. The molecule has 0 unspecified atom stereocenters. The summed E-state index contributed by atoms with van der Waals surface area (Å²) in [6.07, 6.45) is 8.60. The molecule has 0 amide bonds. The van der Waals surface area contributed by atoms with E-state index in [2.05, 4.69) is 27.7 Å². The van der Waals surface area contributed by atoms with Gasteiger partial charge in [0.25, 0.3) is 0 Å². The van der Waals surface area contributed by atoms with E-state index in [0.29, 0.717) is 48.6 Å². The lowest BCUT2D eigenvalue weighted by Crippen LogP contribution is -2.62. The molecule has 0 aromatic heterocycles. The summed E-state index contributed by atoms with van der Waals surface area (Å²) in [5.74, 6) is 1.67. The van der Waals surface area contributed by atoms with E-state index >= 15 is 0 Å². The van der Waals surface area contributed by atoms with Crippen molar-refractivity contribution in [3.63, 3.8) is 0 Å². The van der Waals surface area contributed by atoms with Gasteiger partial charge in [-0.05, 0) is 109 Å². The fraction of sp³-hybridized carbons (Fsp3) is 0.969. The zero-order valence-corrected chi connectivity index (χ0v) is 26.6. The van der Waals surface area contributed by atoms with Crippen LogP contribution in [0.2, 0.25) is 0 Å². The summed E-state index contributed by atoms with van der Waals surface area (Å²) < 4.78 is 31.9. The number of esters is 1. The summed E-state index contributed by atoms with van der Waals surface area (Å²) >= 11 is 0. The molecule has 230 valence electrons. The SMILES string of the molecule is CC[C@H]1[C@@H](O)[C@@H]2[C@H](CC[C@]3(C)[C@@H]([C@H](C)CCOC(=O)CS(=O)(=O)N4CC(C)(C)C4)CC[C@@H]23)[C@@]2(C)CC[C@@H](O)C[C@@H]12. The molecule has 1 saturated heterocycles. The summed E-state index contributed by atoms with van der Waals surface area (Å²) in [6, 6.07) is 0. The average Bonchev–Trinajstić information content (AvgIpc) is 3.20. The van der Waals surface area contributed by atoms with Gasteiger partial charge >= 0.3 is 5.97 Å². The quantitative estimate of drug-likeness (QED) is 0.397. The fourth-order valence-corrected chi connectivity index (χ4v) is 12.5. The maximum Gasteiger partial charge on any atom is 0.322 e. The highest BCUT2D eigenvalue weighted by Crippen LogP contribution is 2.69. The Morgan fingerprint density at radius 3 is 2.27 bits per heavy atom. The van der Waals surface area contributed by atoms with Crippen LogP contribution in [0.3, 0.4) is 0 Å². The second kappa shape index (κ2) is 10.8. The third-order valence-corrected chi connectivity index (χ3v) is 14.5. The molecule has 5 aliphatic rings. The molecule has 5 fully saturated rings. The van der Waals surface area contributed by atoms with E-state index in [1.807, 2.05) is 13.8 Å². The van der Waals surface area contributed by atoms with Gasteiger partial charge in [0.15, 0.2) is 5.75 Å². The summed E-state index contributed by atoms with van der Waals surface area (Å²) in [5, 5.41) is 22.4.